The molecule has 1 aromatic rings. The molecule has 6 heteroatoms. The number of hydrazine groups is 1. The van der Waals surface area contributed by atoms with Gasteiger partial charge in [-0.25, -0.2) is 0 Å². The number of nitrogens with zero attached hydrogens (tertiary/aromatic N) is 1. The first-order valence-electron chi connectivity index (χ1n) is 4.38. The molecule has 0 amide bonds. The zero-order valence-corrected chi connectivity index (χ0v) is 8.17. The molecule has 1 heterocycles. The highest BCUT2D eigenvalue weighted by Gasteiger charge is 2.32. The van der Waals surface area contributed by atoms with Crippen LogP contribution in [0.25, 0.3) is 0 Å². The standard InChI is InChI=1S/C9H12F3N3/c1-6-2-3-7(5-14-6)8(15-13)4-9(10,11)12/h2-3,5,8,15H,4,13H2,1H3. The van der Waals surface area contributed by atoms with Crippen molar-refractivity contribution in [3.05, 3.63) is 29.6 Å². The summed E-state index contributed by atoms with van der Waals surface area (Å²) in [6.07, 6.45) is -3.86. The van der Waals surface area contributed by atoms with Gasteiger partial charge in [-0.2, -0.15) is 13.2 Å². The first-order valence-corrected chi connectivity index (χ1v) is 4.38. The Kier molecular flexibility index (Phi) is 3.65. The average molecular weight is 219 g/mol. The van der Waals surface area contributed by atoms with Gasteiger partial charge >= 0.3 is 6.18 Å². The molecule has 1 unspecified atom stereocenters. The van der Waals surface area contributed by atoms with Crippen molar-refractivity contribution >= 4 is 0 Å². The van der Waals surface area contributed by atoms with Crippen LogP contribution in [0.2, 0.25) is 0 Å². The minimum atomic E-state index is -4.25. The number of nitrogens with two attached hydrogens (primary N) is 1. The van der Waals surface area contributed by atoms with Crippen LogP contribution in [0.15, 0.2) is 18.3 Å². The molecule has 0 aliphatic rings. The lowest BCUT2D eigenvalue weighted by Gasteiger charge is -2.17. The Morgan fingerprint density at radius 3 is 2.53 bits per heavy atom. The van der Waals surface area contributed by atoms with Crippen LogP contribution >= 0.6 is 0 Å². The molecule has 0 aliphatic carbocycles. The summed E-state index contributed by atoms with van der Waals surface area (Å²) < 4.78 is 36.4. The number of hydrogen-bond donors (Lipinski definition) is 2. The maximum Gasteiger partial charge on any atom is 0.390 e. The molecule has 0 aromatic carbocycles. The van der Waals surface area contributed by atoms with Gasteiger partial charge in [0, 0.05) is 11.9 Å². The van der Waals surface area contributed by atoms with Crippen molar-refractivity contribution in [1.29, 1.82) is 0 Å². The van der Waals surface area contributed by atoms with E-state index in [1.807, 2.05) is 0 Å². The summed E-state index contributed by atoms with van der Waals surface area (Å²) in [6, 6.07) is 2.28. The van der Waals surface area contributed by atoms with E-state index in [1.165, 1.54) is 6.20 Å². The van der Waals surface area contributed by atoms with Crippen LogP contribution in [0.4, 0.5) is 13.2 Å². The fraction of sp³-hybridized carbons (Fsp3) is 0.444. The molecule has 0 spiro atoms. The highest BCUT2D eigenvalue weighted by molar-refractivity contribution is 5.17. The Bertz CT molecular complexity index is 307. The number of aromatic nitrogens is 1. The van der Waals surface area contributed by atoms with Gasteiger partial charge in [-0.1, -0.05) is 6.07 Å². The lowest BCUT2D eigenvalue weighted by molar-refractivity contribution is -0.140. The third-order valence-corrected chi connectivity index (χ3v) is 1.97. The predicted molar refractivity (Wildman–Crippen MR) is 49.7 cm³/mol. The Labute approximate surface area is 85.5 Å². The molecule has 3 N–H and O–H groups in total. The molecule has 0 aliphatic heterocycles. The third-order valence-electron chi connectivity index (χ3n) is 1.97. The monoisotopic (exact) mass is 219 g/mol. The van der Waals surface area contributed by atoms with Crippen molar-refractivity contribution in [2.45, 2.75) is 25.6 Å². The second kappa shape index (κ2) is 4.59. The Hall–Kier alpha value is -1.14. The summed E-state index contributed by atoms with van der Waals surface area (Å²) in [5.41, 5.74) is 3.32. The van der Waals surface area contributed by atoms with Gasteiger partial charge in [0.15, 0.2) is 0 Å². The third kappa shape index (κ3) is 3.85. The van der Waals surface area contributed by atoms with Crippen LogP contribution in [0, 0.1) is 6.92 Å². The van der Waals surface area contributed by atoms with Gasteiger partial charge in [0.2, 0.25) is 0 Å². The van der Waals surface area contributed by atoms with Gasteiger partial charge < -0.3 is 0 Å². The van der Waals surface area contributed by atoms with E-state index in [4.69, 9.17) is 5.84 Å². The van der Waals surface area contributed by atoms with E-state index >= 15 is 0 Å². The van der Waals surface area contributed by atoms with Crippen molar-refractivity contribution in [1.82, 2.24) is 10.4 Å². The summed E-state index contributed by atoms with van der Waals surface area (Å²) in [5, 5.41) is 0. The zero-order chi connectivity index (χ0) is 11.5. The van der Waals surface area contributed by atoms with E-state index in [0.29, 0.717) is 5.56 Å². The second-order valence-electron chi connectivity index (χ2n) is 3.27. The Morgan fingerprint density at radius 1 is 1.47 bits per heavy atom. The summed E-state index contributed by atoms with van der Waals surface area (Å²) in [4.78, 5) is 3.92. The zero-order valence-electron chi connectivity index (χ0n) is 8.17. The number of halogens is 3. The number of hydrogen-bond acceptors (Lipinski definition) is 3. The SMILES string of the molecule is Cc1ccc(C(CC(F)(F)F)NN)cn1. The maximum atomic E-state index is 12.1. The van der Waals surface area contributed by atoms with Crippen molar-refractivity contribution in [2.75, 3.05) is 0 Å². The van der Waals surface area contributed by atoms with Crippen LogP contribution in [-0.2, 0) is 0 Å². The number of nitrogens with one attached hydrogen (secondary N) is 1. The highest BCUT2D eigenvalue weighted by atomic mass is 19.4. The van der Waals surface area contributed by atoms with Crippen LogP contribution in [-0.4, -0.2) is 11.2 Å². The normalized spacial score (nSPS) is 13.9. The fourth-order valence-corrected chi connectivity index (χ4v) is 1.19. The fourth-order valence-electron chi connectivity index (χ4n) is 1.19. The molecule has 0 bridgehead atoms. The van der Waals surface area contributed by atoms with E-state index in [2.05, 4.69) is 10.4 Å². The van der Waals surface area contributed by atoms with Gasteiger partial charge in [-0.05, 0) is 18.6 Å². The van der Waals surface area contributed by atoms with Gasteiger partial charge in [0.25, 0.3) is 0 Å². The number of pyridine rings is 1. The van der Waals surface area contributed by atoms with Crippen molar-refractivity contribution in [3.8, 4) is 0 Å². The van der Waals surface area contributed by atoms with E-state index in [1.54, 1.807) is 19.1 Å². The molecular weight excluding hydrogens is 207 g/mol. The van der Waals surface area contributed by atoms with Gasteiger partial charge in [0.1, 0.15) is 0 Å². The summed E-state index contributed by atoms with van der Waals surface area (Å²) in [6.45, 7) is 1.76. The van der Waals surface area contributed by atoms with Crippen LogP contribution < -0.4 is 11.3 Å². The lowest BCUT2D eigenvalue weighted by atomic mass is 10.1. The van der Waals surface area contributed by atoms with Crippen LogP contribution in [0.3, 0.4) is 0 Å². The molecule has 1 rings (SSSR count). The van der Waals surface area contributed by atoms with Gasteiger partial charge in [0.05, 0.1) is 12.5 Å². The molecule has 1 atom stereocenters. The molecule has 0 saturated carbocycles. The van der Waals surface area contributed by atoms with Crippen molar-refractivity contribution in [2.24, 2.45) is 5.84 Å². The second-order valence-corrected chi connectivity index (χ2v) is 3.27. The van der Waals surface area contributed by atoms with Crippen LogP contribution in [0.5, 0.6) is 0 Å². The molecule has 15 heavy (non-hydrogen) atoms. The van der Waals surface area contributed by atoms with Gasteiger partial charge in [-0.3, -0.25) is 16.3 Å². The quantitative estimate of drug-likeness (QED) is 0.602. The summed E-state index contributed by atoms with van der Waals surface area (Å²) in [5.74, 6) is 5.07. The average Bonchev–Trinajstić information content (AvgIpc) is 2.14. The summed E-state index contributed by atoms with van der Waals surface area (Å²) >= 11 is 0. The molecule has 84 valence electrons. The smallest absolute Gasteiger partial charge is 0.271 e. The van der Waals surface area contributed by atoms with E-state index in [0.717, 1.165) is 5.69 Å². The number of aryl methyl sites for hydroxylation is 1. The molecule has 3 nitrogen and oxygen atoms in total. The minimum Gasteiger partial charge on any atom is -0.271 e. The molecule has 1 aromatic heterocycles. The molecule has 0 fully saturated rings. The van der Waals surface area contributed by atoms with Crippen LogP contribution in [0.1, 0.15) is 23.7 Å². The first-order chi connectivity index (χ1) is 6.92. The lowest BCUT2D eigenvalue weighted by Crippen LogP contribution is -2.31. The minimum absolute atomic E-state index is 0.431. The van der Waals surface area contributed by atoms with Gasteiger partial charge in [-0.15, -0.1) is 0 Å². The van der Waals surface area contributed by atoms with E-state index in [9.17, 15) is 13.2 Å². The summed E-state index contributed by atoms with van der Waals surface area (Å²) in [7, 11) is 0. The highest BCUT2D eigenvalue weighted by Crippen LogP contribution is 2.28. The van der Waals surface area contributed by atoms with Crippen molar-refractivity contribution in [3.63, 3.8) is 0 Å². The maximum absolute atomic E-state index is 12.1. The number of rotatable bonds is 3. The molecule has 0 saturated heterocycles. The largest absolute Gasteiger partial charge is 0.390 e. The number of alkyl halides is 3. The Morgan fingerprint density at radius 2 is 2.13 bits per heavy atom. The Balaban J connectivity index is 2.79. The van der Waals surface area contributed by atoms with Crippen molar-refractivity contribution < 1.29 is 13.2 Å². The topological polar surface area (TPSA) is 50.9 Å². The van der Waals surface area contributed by atoms with E-state index < -0.39 is 18.6 Å². The molecule has 0 radical (unpaired) electrons. The predicted octanol–water partition coefficient (Wildman–Crippen LogP) is 1.85. The molecular formula is C9H12F3N3. The first kappa shape index (κ1) is 11.9. The van der Waals surface area contributed by atoms with E-state index in [-0.39, 0.29) is 0 Å².